The van der Waals surface area contributed by atoms with E-state index in [1.807, 2.05) is 31.2 Å². The van der Waals surface area contributed by atoms with Crippen LogP contribution in [0, 0.1) is 12.8 Å². The van der Waals surface area contributed by atoms with Crippen molar-refractivity contribution in [2.24, 2.45) is 5.92 Å². The van der Waals surface area contributed by atoms with Crippen molar-refractivity contribution in [3.05, 3.63) is 41.5 Å². The molecule has 1 N–H and O–H groups in total. The molecule has 0 atom stereocenters. The van der Waals surface area contributed by atoms with Gasteiger partial charge in [-0.25, -0.2) is 4.79 Å². The van der Waals surface area contributed by atoms with Gasteiger partial charge in [0.15, 0.2) is 5.82 Å². The highest BCUT2D eigenvalue weighted by Gasteiger charge is 2.14. The van der Waals surface area contributed by atoms with E-state index in [1.165, 1.54) is 4.90 Å². The summed E-state index contributed by atoms with van der Waals surface area (Å²) in [6, 6.07) is 7.44. The number of rotatable bonds is 5. The van der Waals surface area contributed by atoms with Gasteiger partial charge in [-0.2, -0.15) is 4.98 Å². The monoisotopic (exact) mass is 302 g/mol. The Morgan fingerprint density at radius 1 is 1.36 bits per heavy atom. The maximum atomic E-state index is 12.2. The van der Waals surface area contributed by atoms with Crippen molar-refractivity contribution in [3.8, 4) is 0 Å². The number of anilines is 1. The molecule has 0 saturated heterocycles. The number of carbonyl (C=O) groups is 1. The second-order valence-electron chi connectivity index (χ2n) is 5.80. The molecule has 0 spiro atoms. The van der Waals surface area contributed by atoms with Gasteiger partial charge >= 0.3 is 6.03 Å². The Kier molecular flexibility index (Phi) is 5.14. The molecule has 22 heavy (non-hydrogen) atoms. The predicted molar refractivity (Wildman–Crippen MR) is 84.5 cm³/mol. The third-order valence-electron chi connectivity index (χ3n) is 3.20. The Bertz CT molecular complexity index is 637. The molecule has 1 heterocycles. The molecule has 0 bridgehead atoms. The number of carbonyl (C=O) groups excluding carboxylic acids is 1. The van der Waals surface area contributed by atoms with E-state index in [0.29, 0.717) is 24.2 Å². The summed E-state index contributed by atoms with van der Waals surface area (Å²) < 4.78 is 5.17. The fraction of sp³-hybridized carbons (Fsp3) is 0.438. The molecule has 6 heteroatoms. The molecule has 1 aromatic heterocycles. The van der Waals surface area contributed by atoms with Crippen molar-refractivity contribution in [1.82, 2.24) is 15.0 Å². The first kappa shape index (κ1) is 16.0. The molecule has 0 unspecified atom stereocenters. The van der Waals surface area contributed by atoms with E-state index in [4.69, 9.17) is 4.52 Å². The number of aryl methyl sites for hydroxylation is 1. The largest absolute Gasteiger partial charge is 0.339 e. The molecule has 0 fully saturated rings. The number of hydrogen-bond donors (Lipinski definition) is 1. The lowest BCUT2D eigenvalue weighted by Gasteiger charge is -2.17. The van der Waals surface area contributed by atoms with Gasteiger partial charge in [-0.3, -0.25) is 0 Å². The fourth-order valence-corrected chi connectivity index (χ4v) is 1.99. The van der Waals surface area contributed by atoms with Gasteiger partial charge in [-0.1, -0.05) is 37.2 Å². The quantitative estimate of drug-likeness (QED) is 0.920. The zero-order chi connectivity index (χ0) is 16.1. The Balaban J connectivity index is 1.94. The van der Waals surface area contributed by atoms with Crippen LogP contribution in [-0.4, -0.2) is 28.1 Å². The lowest BCUT2D eigenvalue weighted by Crippen LogP contribution is -2.31. The van der Waals surface area contributed by atoms with E-state index in [1.54, 1.807) is 7.05 Å². The van der Waals surface area contributed by atoms with Crippen LogP contribution in [0.5, 0.6) is 0 Å². The standard InChI is InChI=1S/C16H22N4O2/c1-11(2)9-15-18-14(19-22-15)10-20(4)16(21)17-13-8-6-5-7-12(13)3/h5-8,11H,9-10H2,1-4H3,(H,17,21). The first-order valence-electron chi connectivity index (χ1n) is 7.35. The summed E-state index contributed by atoms with van der Waals surface area (Å²) in [6.45, 7) is 6.43. The van der Waals surface area contributed by atoms with Crippen LogP contribution in [-0.2, 0) is 13.0 Å². The van der Waals surface area contributed by atoms with Gasteiger partial charge in [0.2, 0.25) is 5.89 Å². The normalized spacial score (nSPS) is 10.8. The van der Waals surface area contributed by atoms with Gasteiger partial charge in [0.05, 0.1) is 6.54 Å². The maximum absolute atomic E-state index is 12.2. The third kappa shape index (κ3) is 4.31. The molecule has 0 radical (unpaired) electrons. The molecule has 118 valence electrons. The number of hydrogen-bond acceptors (Lipinski definition) is 4. The summed E-state index contributed by atoms with van der Waals surface area (Å²) in [7, 11) is 1.70. The topological polar surface area (TPSA) is 71.3 Å². The van der Waals surface area contributed by atoms with Gasteiger partial charge in [-0.15, -0.1) is 0 Å². The van der Waals surface area contributed by atoms with Gasteiger partial charge in [0.1, 0.15) is 0 Å². The van der Waals surface area contributed by atoms with Crippen molar-refractivity contribution < 1.29 is 9.32 Å². The van der Waals surface area contributed by atoms with Crippen molar-refractivity contribution in [2.75, 3.05) is 12.4 Å². The lowest BCUT2D eigenvalue weighted by molar-refractivity contribution is 0.219. The number of benzene rings is 1. The fourth-order valence-electron chi connectivity index (χ4n) is 1.99. The summed E-state index contributed by atoms with van der Waals surface area (Å²) in [6.07, 6.45) is 0.742. The maximum Gasteiger partial charge on any atom is 0.322 e. The zero-order valence-corrected chi connectivity index (χ0v) is 13.5. The van der Waals surface area contributed by atoms with Gasteiger partial charge in [-0.05, 0) is 24.5 Å². The minimum absolute atomic E-state index is 0.204. The Hall–Kier alpha value is -2.37. The van der Waals surface area contributed by atoms with E-state index < -0.39 is 0 Å². The highest BCUT2D eigenvalue weighted by atomic mass is 16.5. The van der Waals surface area contributed by atoms with Crippen LogP contribution >= 0.6 is 0 Å². The van der Waals surface area contributed by atoms with Crippen LogP contribution in [0.2, 0.25) is 0 Å². The molecule has 1 aromatic carbocycles. The van der Waals surface area contributed by atoms with Gasteiger partial charge in [0, 0.05) is 19.2 Å². The van der Waals surface area contributed by atoms with Crippen LogP contribution in [0.3, 0.4) is 0 Å². The SMILES string of the molecule is Cc1ccccc1NC(=O)N(C)Cc1noc(CC(C)C)n1. The minimum Gasteiger partial charge on any atom is -0.339 e. The second kappa shape index (κ2) is 7.06. The molecule has 0 saturated carbocycles. The summed E-state index contributed by atoms with van der Waals surface area (Å²) in [5.74, 6) is 1.58. The summed E-state index contributed by atoms with van der Waals surface area (Å²) >= 11 is 0. The van der Waals surface area contributed by atoms with Gasteiger partial charge in [0.25, 0.3) is 0 Å². The Labute approximate surface area is 130 Å². The summed E-state index contributed by atoms with van der Waals surface area (Å²) in [4.78, 5) is 18.0. The number of para-hydroxylation sites is 1. The van der Waals surface area contributed by atoms with E-state index in [9.17, 15) is 4.79 Å². The summed E-state index contributed by atoms with van der Waals surface area (Å²) in [5, 5.41) is 6.78. The van der Waals surface area contributed by atoms with Crippen LogP contribution in [0.4, 0.5) is 10.5 Å². The highest BCUT2D eigenvalue weighted by Crippen LogP contribution is 2.14. The van der Waals surface area contributed by atoms with Crippen LogP contribution < -0.4 is 5.32 Å². The van der Waals surface area contributed by atoms with E-state index in [-0.39, 0.29) is 6.03 Å². The molecular formula is C16H22N4O2. The van der Waals surface area contributed by atoms with E-state index >= 15 is 0 Å². The van der Waals surface area contributed by atoms with E-state index in [2.05, 4.69) is 29.3 Å². The first-order chi connectivity index (χ1) is 10.5. The predicted octanol–water partition coefficient (Wildman–Crippen LogP) is 3.24. The van der Waals surface area contributed by atoms with E-state index in [0.717, 1.165) is 17.7 Å². The molecule has 2 aromatic rings. The van der Waals surface area contributed by atoms with Crippen molar-refractivity contribution >= 4 is 11.7 Å². The Morgan fingerprint density at radius 2 is 2.09 bits per heavy atom. The zero-order valence-electron chi connectivity index (χ0n) is 13.5. The summed E-state index contributed by atoms with van der Waals surface area (Å²) in [5.41, 5.74) is 1.82. The first-order valence-corrected chi connectivity index (χ1v) is 7.35. The number of aromatic nitrogens is 2. The van der Waals surface area contributed by atoms with Crippen LogP contribution in [0.15, 0.2) is 28.8 Å². The van der Waals surface area contributed by atoms with Gasteiger partial charge < -0.3 is 14.7 Å². The molecule has 0 aliphatic heterocycles. The van der Waals surface area contributed by atoms with Crippen molar-refractivity contribution in [2.45, 2.75) is 33.7 Å². The third-order valence-corrected chi connectivity index (χ3v) is 3.20. The molecule has 2 amide bonds. The molecule has 6 nitrogen and oxygen atoms in total. The number of nitrogens with zero attached hydrogens (tertiary/aromatic N) is 3. The number of nitrogens with one attached hydrogen (secondary N) is 1. The number of amides is 2. The second-order valence-corrected chi connectivity index (χ2v) is 5.80. The average molecular weight is 302 g/mol. The van der Waals surface area contributed by atoms with Crippen molar-refractivity contribution in [1.29, 1.82) is 0 Å². The minimum atomic E-state index is -0.204. The lowest BCUT2D eigenvalue weighted by atomic mass is 10.1. The van der Waals surface area contributed by atoms with Crippen molar-refractivity contribution in [3.63, 3.8) is 0 Å². The molecule has 0 aliphatic rings. The molecular weight excluding hydrogens is 280 g/mol. The average Bonchev–Trinajstić information content (AvgIpc) is 2.87. The molecule has 2 rings (SSSR count). The molecule has 0 aliphatic carbocycles. The van der Waals surface area contributed by atoms with Crippen LogP contribution in [0.25, 0.3) is 0 Å². The Morgan fingerprint density at radius 3 is 2.77 bits per heavy atom. The smallest absolute Gasteiger partial charge is 0.322 e. The number of urea groups is 1. The van der Waals surface area contributed by atoms with Crippen LogP contribution in [0.1, 0.15) is 31.1 Å². The highest BCUT2D eigenvalue weighted by molar-refractivity contribution is 5.89.